The van der Waals surface area contributed by atoms with Crippen LogP contribution >= 0.6 is 0 Å². The summed E-state index contributed by atoms with van der Waals surface area (Å²) in [5, 5.41) is 13.3. The third-order valence-corrected chi connectivity index (χ3v) is 4.46. The molecule has 1 aliphatic rings. The number of rotatable bonds is 5. The van der Waals surface area contributed by atoms with Crippen molar-refractivity contribution in [1.82, 2.24) is 10.2 Å². The molecule has 2 unspecified atom stereocenters. The van der Waals surface area contributed by atoms with Crippen molar-refractivity contribution in [2.75, 3.05) is 20.1 Å². The Morgan fingerprint density at radius 3 is 2.77 bits per heavy atom. The van der Waals surface area contributed by atoms with Gasteiger partial charge in [-0.2, -0.15) is 0 Å². The summed E-state index contributed by atoms with van der Waals surface area (Å²) in [5.41, 5.74) is 2.62. The summed E-state index contributed by atoms with van der Waals surface area (Å²) in [4.78, 5) is 6.90. The molecule has 1 aromatic rings. The second-order valence-electron chi connectivity index (χ2n) is 6.24. The molecule has 2 rings (SSSR count). The Morgan fingerprint density at radius 2 is 2.14 bits per heavy atom. The molecule has 2 N–H and O–H groups in total. The average Bonchev–Trinajstić information content (AvgIpc) is 2.91. The maximum Gasteiger partial charge on any atom is 0.193 e. The van der Waals surface area contributed by atoms with Gasteiger partial charge in [-0.15, -0.1) is 0 Å². The molecule has 0 aliphatic heterocycles. The first kappa shape index (κ1) is 16.8. The number of nitrogens with zero attached hydrogens (tertiary/aromatic N) is 2. The number of hydrogen-bond acceptors (Lipinski definition) is 2. The van der Waals surface area contributed by atoms with E-state index in [1.807, 2.05) is 0 Å². The number of hydrogen-bond donors (Lipinski definition) is 2. The molecular weight excluding hydrogens is 274 g/mol. The minimum Gasteiger partial charge on any atom is -0.393 e. The smallest absolute Gasteiger partial charge is 0.193 e. The van der Waals surface area contributed by atoms with Gasteiger partial charge < -0.3 is 15.3 Å². The fourth-order valence-corrected chi connectivity index (χ4v) is 3.02. The van der Waals surface area contributed by atoms with Crippen molar-refractivity contribution in [3.05, 3.63) is 35.4 Å². The van der Waals surface area contributed by atoms with E-state index >= 15 is 0 Å². The normalized spacial score (nSPS) is 21.9. The van der Waals surface area contributed by atoms with Gasteiger partial charge in [0.15, 0.2) is 5.96 Å². The van der Waals surface area contributed by atoms with Crippen molar-refractivity contribution >= 4 is 5.96 Å². The summed E-state index contributed by atoms with van der Waals surface area (Å²) in [5.74, 6) is 1.24. The van der Waals surface area contributed by atoms with E-state index in [0.29, 0.717) is 12.5 Å². The first-order valence-electron chi connectivity index (χ1n) is 8.33. The molecule has 0 heterocycles. The zero-order valence-corrected chi connectivity index (χ0v) is 14.0. The molecule has 0 aromatic heterocycles. The van der Waals surface area contributed by atoms with E-state index in [1.165, 1.54) is 11.1 Å². The SMILES string of the molecule is CCNC(=NCC1CCCC1O)N(C)Cc1ccccc1C. The van der Waals surface area contributed by atoms with Gasteiger partial charge in [-0.3, -0.25) is 4.99 Å². The molecule has 4 nitrogen and oxygen atoms in total. The molecule has 1 fully saturated rings. The highest BCUT2D eigenvalue weighted by Gasteiger charge is 2.25. The Bertz CT molecular complexity index is 501. The van der Waals surface area contributed by atoms with E-state index in [9.17, 15) is 5.11 Å². The molecule has 1 aromatic carbocycles. The van der Waals surface area contributed by atoms with Gasteiger partial charge in [0.2, 0.25) is 0 Å². The number of benzene rings is 1. The fourth-order valence-electron chi connectivity index (χ4n) is 3.02. The van der Waals surface area contributed by atoms with Gasteiger partial charge in [0.1, 0.15) is 0 Å². The molecule has 1 saturated carbocycles. The highest BCUT2D eigenvalue weighted by atomic mass is 16.3. The fraction of sp³-hybridized carbons (Fsp3) is 0.611. The maximum absolute atomic E-state index is 9.94. The molecule has 0 saturated heterocycles. The predicted molar refractivity (Wildman–Crippen MR) is 92.0 cm³/mol. The van der Waals surface area contributed by atoms with E-state index in [4.69, 9.17) is 4.99 Å². The highest BCUT2D eigenvalue weighted by Crippen LogP contribution is 2.25. The van der Waals surface area contributed by atoms with E-state index in [-0.39, 0.29) is 6.10 Å². The largest absolute Gasteiger partial charge is 0.393 e. The molecule has 4 heteroatoms. The monoisotopic (exact) mass is 303 g/mol. The van der Waals surface area contributed by atoms with E-state index in [1.54, 1.807) is 0 Å². The Hall–Kier alpha value is -1.55. The van der Waals surface area contributed by atoms with E-state index < -0.39 is 0 Å². The molecule has 122 valence electrons. The van der Waals surface area contributed by atoms with Gasteiger partial charge in [0.25, 0.3) is 0 Å². The van der Waals surface area contributed by atoms with Crippen molar-refractivity contribution in [2.45, 2.75) is 45.8 Å². The summed E-state index contributed by atoms with van der Waals surface area (Å²) in [6.45, 7) is 6.63. The second-order valence-corrected chi connectivity index (χ2v) is 6.24. The topological polar surface area (TPSA) is 47.9 Å². The zero-order chi connectivity index (χ0) is 15.9. The van der Waals surface area contributed by atoms with Crippen molar-refractivity contribution in [3.8, 4) is 0 Å². The first-order chi connectivity index (χ1) is 10.6. The number of nitrogens with one attached hydrogen (secondary N) is 1. The lowest BCUT2D eigenvalue weighted by molar-refractivity contribution is 0.136. The van der Waals surface area contributed by atoms with E-state index in [0.717, 1.165) is 38.3 Å². The standard InChI is InChI=1S/C18H29N3O/c1-4-19-18(20-12-15-10-7-11-17(15)22)21(3)13-16-9-6-5-8-14(16)2/h5-6,8-9,15,17,22H,4,7,10-13H2,1-3H3,(H,19,20). The molecule has 0 amide bonds. The Kier molecular flexibility index (Phi) is 6.25. The van der Waals surface area contributed by atoms with Crippen molar-refractivity contribution in [2.24, 2.45) is 10.9 Å². The number of guanidine groups is 1. The molecule has 2 atom stereocenters. The minimum absolute atomic E-state index is 0.173. The number of aliphatic imine (C=N–C) groups is 1. The van der Waals surface area contributed by atoms with Crippen molar-refractivity contribution < 1.29 is 5.11 Å². The Labute approximate surface area is 134 Å². The lowest BCUT2D eigenvalue weighted by Crippen LogP contribution is -2.39. The molecule has 0 radical (unpaired) electrons. The lowest BCUT2D eigenvalue weighted by atomic mass is 10.1. The summed E-state index contributed by atoms with van der Waals surface area (Å²) in [6, 6.07) is 8.45. The van der Waals surface area contributed by atoms with Crippen LogP contribution in [0.4, 0.5) is 0 Å². The van der Waals surface area contributed by atoms with Crippen LogP contribution < -0.4 is 5.32 Å². The van der Waals surface area contributed by atoms with Gasteiger partial charge >= 0.3 is 0 Å². The molecule has 0 bridgehead atoms. The maximum atomic E-state index is 9.94. The van der Waals surface area contributed by atoms with Crippen LogP contribution in [0.15, 0.2) is 29.3 Å². The lowest BCUT2D eigenvalue weighted by Gasteiger charge is -2.24. The second kappa shape index (κ2) is 8.18. The predicted octanol–water partition coefficient (Wildman–Crippen LogP) is 2.55. The van der Waals surface area contributed by atoms with Crippen LogP contribution in [0, 0.1) is 12.8 Å². The summed E-state index contributed by atoms with van der Waals surface area (Å²) in [6.07, 6.45) is 2.96. The first-order valence-corrected chi connectivity index (χ1v) is 8.33. The zero-order valence-electron chi connectivity index (χ0n) is 14.0. The van der Waals surface area contributed by atoms with Crippen LogP contribution in [0.5, 0.6) is 0 Å². The number of aliphatic hydroxyl groups is 1. The van der Waals surface area contributed by atoms with Crippen LogP contribution in [-0.4, -0.2) is 42.2 Å². The van der Waals surface area contributed by atoms with E-state index in [2.05, 4.69) is 55.4 Å². The minimum atomic E-state index is -0.173. The number of aliphatic hydroxyl groups excluding tert-OH is 1. The molecule has 22 heavy (non-hydrogen) atoms. The third kappa shape index (κ3) is 4.47. The van der Waals surface area contributed by atoms with Crippen LogP contribution in [0.2, 0.25) is 0 Å². The number of aryl methyl sites for hydroxylation is 1. The third-order valence-electron chi connectivity index (χ3n) is 4.46. The van der Waals surface area contributed by atoms with Gasteiger partial charge in [-0.25, -0.2) is 0 Å². The van der Waals surface area contributed by atoms with Crippen LogP contribution in [0.1, 0.15) is 37.3 Å². The van der Waals surface area contributed by atoms with Crippen LogP contribution in [0.25, 0.3) is 0 Å². The summed E-state index contributed by atoms with van der Waals surface area (Å²) < 4.78 is 0. The molecule has 1 aliphatic carbocycles. The van der Waals surface area contributed by atoms with Gasteiger partial charge in [0, 0.05) is 32.6 Å². The van der Waals surface area contributed by atoms with Crippen molar-refractivity contribution in [1.29, 1.82) is 0 Å². The van der Waals surface area contributed by atoms with Crippen LogP contribution in [0.3, 0.4) is 0 Å². The van der Waals surface area contributed by atoms with Crippen molar-refractivity contribution in [3.63, 3.8) is 0 Å². The summed E-state index contributed by atoms with van der Waals surface area (Å²) >= 11 is 0. The Morgan fingerprint density at radius 1 is 1.36 bits per heavy atom. The van der Waals surface area contributed by atoms with Gasteiger partial charge in [0.05, 0.1) is 6.10 Å². The van der Waals surface area contributed by atoms with Crippen LogP contribution in [-0.2, 0) is 6.54 Å². The molecular formula is C18H29N3O. The summed E-state index contributed by atoms with van der Waals surface area (Å²) in [7, 11) is 2.07. The quantitative estimate of drug-likeness (QED) is 0.649. The average molecular weight is 303 g/mol. The molecule has 0 spiro atoms. The van der Waals surface area contributed by atoms with Gasteiger partial charge in [-0.1, -0.05) is 30.7 Å². The van der Waals surface area contributed by atoms with Gasteiger partial charge in [-0.05, 0) is 37.8 Å². The highest BCUT2D eigenvalue weighted by molar-refractivity contribution is 5.79. The Balaban J connectivity index is 2.01.